The highest BCUT2D eigenvalue weighted by atomic mass is 35.5. The molecule has 5 nitrogen and oxygen atoms in total. The zero-order valence-electron chi connectivity index (χ0n) is 12.2. The van der Waals surface area contributed by atoms with Gasteiger partial charge in [-0.05, 0) is 24.3 Å². The molecule has 25 heavy (non-hydrogen) atoms. The van der Waals surface area contributed by atoms with E-state index in [0.29, 0.717) is 11.0 Å². The summed E-state index contributed by atoms with van der Waals surface area (Å²) in [6.07, 6.45) is -2.15. The minimum absolute atomic E-state index is 0.0691. The first-order valence-electron chi connectivity index (χ1n) is 6.81. The highest BCUT2D eigenvalue weighted by molar-refractivity contribution is 6.31. The normalized spacial score (nSPS) is 11.6. The maximum absolute atomic E-state index is 13.2. The number of urea groups is 1. The maximum Gasteiger partial charge on any atom is 0.417 e. The van der Waals surface area contributed by atoms with Crippen LogP contribution in [0.1, 0.15) is 5.56 Å². The van der Waals surface area contributed by atoms with Crippen molar-refractivity contribution in [2.75, 3.05) is 10.6 Å². The van der Waals surface area contributed by atoms with Gasteiger partial charge in [-0.3, -0.25) is 0 Å². The van der Waals surface area contributed by atoms with Gasteiger partial charge >= 0.3 is 12.2 Å². The summed E-state index contributed by atoms with van der Waals surface area (Å²) in [7, 11) is 0. The van der Waals surface area contributed by atoms with Crippen molar-refractivity contribution in [2.24, 2.45) is 0 Å². The molecule has 2 heterocycles. The number of aromatic amines is 1. The van der Waals surface area contributed by atoms with Crippen molar-refractivity contribution < 1.29 is 22.4 Å². The number of alkyl halides is 3. The summed E-state index contributed by atoms with van der Waals surface area (Å²) in [5.74, 6) is -0.579. The summed E-state index contributed by atoms with van der Waals surface area (Å²) in [4.78, 5) is 18.5. The van der Waals surface area contributed by atoms with Gasteiger partial charge in [0.1, 0.15) is 11.5 Å². The van der Waals surface area contributed by atoms with Gasteiger partial charge in [-0.1, -0.05) is 11.6 Å². The van der Waals surface area contributed by atoms with Crippen LogP contribution in [0, 0.1) is 5.82 Å². The molecule has 0 radical (unpaired) electrons. The molecule has 0 spiro atoms. The molecule has 0 unspecified atom stereocenters. The number of amides is 2. The van der Waals surface area contributed by atoms with Crippen LogP contribution >= 0.6 is 11.6 Å². The average molecular weight is 373 g/mol. The number of hydrogen-bond donors (Lipinski definition) is 3. The van der Waals surface area contributed by atoms with Crippen LogP contribution in [0.2, 0.25) is 5.02 Å². The molecule has 0 atom stereocenters. The van der Waals surface area contributed by atoms with Gasteiger partial charge in [-0.25, -0.2) is 14.2 Å². The Bertz CT molecular complexity index is 954. The van der Waals surface area contributed by atoms with Gasteiger partial charge in [0.2, 0.25) is 0 Å². The van der Waals surface area contributed by atoms with Crippen LogP contribution in [0.25, 0.3) is 11.0 Å². The van der Waals surface area contributed by atoms with Crippen LogP contribution in [0.5, 0.6) is 0 Å². The number of anilines is 2. The smallest absolute Gasteiger partial charge is 0.344 e. The number of fused-ring (bicyclic) bond motifs is 1. The fourth-order valence-corrected chi connectivity index (χ4v) is 2.48. The van der Waals surface area contributed by atoms with E-state index in [-0.39, 0.29) is 11.4 Å². The number of carbonyl (C=O) groups is 1. The van der Waals surface area contributed by atoms with E-state index in [4.69, 9.17) is 11.6 Å². The Morgan fingerprint density at radius 2 is 1.96 bits per heavy atom. The number of halogens is 5. The number of carbonyl (C=O) groups excluding carboxylic acids is 1. The van der Waals surface area contributed by atoms with Crippen molar-refractivity contribution in [1.29, 1.82) is 0 Å². The molecule has 0 saturated carbocycles. The predicted octanol–water partition coefficient (Wildman–Crippen LogP) is 5.02. The van der Waals surface area contributed by atoms with Crippen LogP contribution in [-0.4, -0.2) is 16.0 Å². The molecule has 0 saturated heterocycles. The molecule has 2 amide bonds. The van der Waals surface area contributed by atoms with Crippen molar-refractivity contribution in [3.8, 4) is 0 Å². The third kappa shape index (κ3) is 3.66. The summed E-state index contributed by atoms with van der Waals surface area (Å²) in [6.45, 7) is 0. The Balaban J connectivity index is 1.76. The topological polar surface area (TPSA) is 69.8 Å². The van der Waals surface area contributed by atoms with Crippen molar-refractivity contribution >= 4 is 40.0 Å². The van der Waals surface area contributed by atoms with Gasteiger partial charge in [0.15, 0.2) is 0 Å². The summed E-state index contributed by atoms with van der Waals surface area (Å²) in [5.41, 5.74) is -0.301. The Morgan fingerprint density at radius 1 is 1.20 bits per heavy atom. The van der Waals surface area contributed by atoms with E-state index < -0.39 is 28.6 Å². The van der Waals surface area contributed by atoms with E-state index in [0.717, 1.165) is 24.4 Å². The zero-order chi connectivity index (χ0) is 18.2. The number of nitrogens with zero attached hydrogens (tertiary/aromatic N) is 1. The summed E-state index contributed by atoms with van der Waals surface area (Å²) in [5, 5.41) is 4.61. The minimum Gasteiger partial charge on any atom is -0.344 e. The van der Waals surface area contributed by atoms with Gasteiger partial charge in [-0.2, -0.15) is 13.2 Å². The van der Waals surface area contributed by atoms with Gasteiger partial charge in [-0.15, -0.1) is 0 Å². The fraction of sp³-hybridized carbons (Fsp3) is 0.0667. The second-order valence-corrected chi connectivity index (χ2v) is 5.43. The maximum atomic E-state index is 13.2. The van der Waals surface area contributed by atoms with Crippen LogP contribution in [0.3, 0.4) is 0 Å². The first-order chi connectivity index (χ1) is 11.7. The molecule has 3 N–H and O–H groups in total. The molecule has 0 bridgehead atoms. The van der Waals surface area contributed by atoms with Crippen LogP contribution in [0.4, 0.5) is 33.7 Å². The number of hydrogen-bond acceptors (Lipinski definition) is 2. The van der Waals surface area contributed by atoms with E-state index in [1.54, 1.807) is 0 Å². The first-order valence-corrected chi connectivity index (χ1v) is 7.19. The van der Waals surface area contributed by atoms with Crippen molar-refractivity contribution in [2.45, 2.75) is 6.18 Å². The molecule has 0 aliphatic carbocycles. The van der Waals surface area contributed by atoms with Gasteiger partial charge in [0, 0.05) is 17.3 Å². The van der Waals surface area contributed by atoms with E-state index in [1.165, 1.54) is 12.3 Å². The van der Waals surface area contributed by atoms with Gasteiger partial charge in [0.05, 0.1) is 22.5 Å². The summed E-state index contributed by atoms with van der Waals surface area (Å²) in [6, 6.07) is 3.28. The number of H-pyrrole nitrogens is 1. The van der Waals surface area contributed by atoms with E-state index >= 15 is 0 Å². The van der Waals surface area contributed by atoms with Crippen LogP contribution in [0.15, 0.2) is 36.7 Å². The Hall–Kier alpha value is -2.81. The molecular weight excluding hydrogens is 364 g/mol. The third-order valence-electron chi connectivity index (χ3n) is 3.28. The van der Waals surface area contributed by atoms with E-state index in [2.05, 4.69) is 20.6 Å². The zero-order valence-corrected chi connectivity index (χ0v) is 13.0. The lowest BCUT2D eigenvalue weighted by molar-refractivity contribution is -0.137. The Labute approximate surface area is 143 Å². The third-order valence-corrected chi connectivity index (χ3v) is 3.59. The number of pyridine rings is 1. The predicted molar refractivity (Wildman–Crippen MR) is 85.1 cm³/mol. The molecule has 0 aliphatic rings. The lowest BCUT2D eigenvalue weighted by Gasteiger charge is -2.11. The second kappa shape index (κ2) is 6.25. The fourth-order valence-electron chi connectivity index (χ4n) is 2.19. The first kappa shape index (κ1) is 17.0. The van der Waals surface area contributed by atoms with Crippen molar-refractivity contribution in [3.05, 3.63) is 53.1 Å². The molecule has 3 rings (SSSR count). The van der Waals surface area contributed by atoms with Crippen LogP contribution < -0.4 is 10.6 Å². The van der Waals surface area contributed by atoms with E-state index in [9.17, 15) is 22.4 Å². The summed E-state index contributed by atoms with van der Waals surface area (Å²) >= 11 is 5.59. The number of nitrogens with one attached hydrogen (secondary N) is 3. The standard InChI is InChI=1S/C15H9ClF4N4O/c16-11-4-8(1-2-10(11)15(18,19)20)23-14(25)24-12-6-22-13-9(12)3-7(17)5-21-13/h1-6H,(H,21,22)(H2,23,24,25). The molecule has 3 aromatic rings. The molecule has 10 heteroatoms. The second-order valence-electron chi connectivity index (χ2n) is 5.02. The molecule has 130 valence electrons. The van der Waals surface area contributed by atoms with Crippen molar-refractivity contribution in [1.82, 2.24) is 9.97 Å². The van der Waals surface area contributed by atoms with Gasteiger partial charge < -0.3 is 15.6 Å². The van der Waals surface area contributed by atoms with Gasteiger partial charge in [0.25, 0.3) is 0 Å². The lowest BCUT2D eigenvalue weighted by Crippen LogP contribution is -2.19. The molecule has 2 aromatic heterocycles. The minimum atomic E-state index is -4.58. The average Bonchev–Trinajstić information content (AvgIpc) is 2.88. The highest BCUT2D eigenvalue weighted by Crippen LogP contribution is 2.35. The van der Waals surface area contributed by atoms with E-state index in [1.807, 2.05) is 0 Å². The monoisotopic (exact) mass is 372 g/mol. The number of rotatable bonds is 2. The molecular formula is C15H9ClF4N4O. The van der Waals surface area contributed by atoms with Crippen molar-refractivity contribution in [3.63, 3.8) is 0 Å². The quantitative estimate of drug-likeness (QED) is 0.553. The Kier molecular flexibility index (Phi) is 4.25. The highest BCUT2D eigenvalue weighted by Gasteiger charge is 2.33. The molecule has 1 aromatic carbocycles. The molecule has 0 fully saturated rings. The van der Waals surface area contributed by atoms with Crippen LogP contribution in [-0.2, 0) is 6.18 Å². The number of aromatic nitrogens is 2. The largest absolute Gasteiger partial charge is 0.417 e. The lowest BCUT2D eigenvalue weighted by atomic mass is 10.2. The summed E-state index contributed by atoms with van der Waals surface area (Å²) < 4.78 is 51.2. The molecule has 0 aliphatic heterocycles. The number of benzene rings is 1. The SMILES string of the molecule is O=C(Nc1ccc(C(F)(F)F)c(Cl)c1)Nc1c[nH]c2ncc(F)cc12. The Morgan fingerprint density at radius 3 is 2.64 bits per heavy atom.